The minimum atomic E-state index is -1.25. The van der Waals surface area contributed by atoms with Gasteiger partial charge in [-0.05, 0) is 62.7 Å². The Bertz CT molecular complexity index is 1140. The predicted octanol–water partition coefficient (Wildman–Crippen LogP) is 4.31. The topological polar surface area (TPSA) is 49.9 Å². The molecule has 0 aromatic heterocycles. The molecule has 2 amide bonds. The number of fused-ring (bicyclic) bond motifs is 1. The van der Waals surface area contributed by atoms with E-state index in [-0.39, 0.29) is 17.6 Å². The van der Waals surface area contributed by atoms with Gasteiger partial charge in [0, 0.05) is 16.8 Å². The Kier molecular flexibility index (Phi) is 3.90. The van der Waals surface area contributed by atoms with Crippen LogP contribution in [0.5, 0.6) is 5.75 Å². The molecule has 1 fully saturated rings. The van der Waals surface area contributed by atoms with E-state index in [2.05, 4.69) is 6.08 Å². The molecule has 1 saturated heterocycles. The lowest BCUT2D eigenvalue weighted by molar-refractivity contribution is -0.124. The van der Waals surface area contributed by atoms with Crippen LogP contribution >= 0.6 is 11.8 Å². The summed E-state index contributed by atoms with van der Waals surface area (Å²) >= 11 is 1.31. The Labute approximate surface area is 178 Å². The average Bonchev–Trinajstić information content (AvgIpc) is 3.17. The van der Waals surface area contributed by atoms with E-state index in [0.29, 0.717) is 11.4 Å². The number of carbonyl (C=O) groups is 2. The van der Waals surface area contributed by atoms with E-state index in [9.17, 15) is 14.0 Å². The van der Waals surface area contributed by atoms with Crippen LogP contribution < -0.4 is 14.5 Å². The van der Waals surface area contributed by atoms with Crippen molar-refractivity contribution in [3.63, 3.8) is 0 Å². The molecule has 2 aromatic rings. The number of allylic oxidation sites excluding steroid dienone is 1. The van der Waals surface area contributed by atoms with E-state index in [4.69, 9.17) is 4.74 Å². The van der Waals surface area contributed by atoms with Gasteiger partial charge in [0.2, 0.25) is 10.8 Å². The predicted molar refractivity (Wildman–Crippen MR) is 116 cm³/mol. The van der Waals surface area contributed by atoms with Crippen LogP contribution in [0, 0.1) is 5.82 Å². The molecule has 5 rings (SSSR count). The molecule has 2 aromatic carbocycles. The van der Waals surface area contributed by atoms with Crippen molar-refractivity contribution in [1.29, 1.82) is 0 Å². The van der Waals surface area contributed by atoms with E-state index in [1.165, 1.54) is 28.8 Å². The quantitative estimate of drug-likeness (QED) is 0.721. The molecule has 0 aliphatic carbocycles. The van der Waals surface area contributed by atoms with E-state index in [1.54, 1.807) is 24.1 Å². The van der Waals surface area contributed by atoms with Gasteiger partial charge in [-0.1, -0.05) is 6.08 Å². The number of methoxy groups -OCH3 is 1. The summed E-state index contributed by atoms with van der Waals surface area (Å²) in [6, 6.07) is 9.50. The third-order valence-electron chi connectivity index (χ3n) is 6.03. The Balaban J connectivity index is 1.83. The number of halogens is 1. The molecule has 3 heterocycles. The highest BCUT2D eigenvalue weighted by atomic mass is 32.2. The van der Waals surface area contributed by atoms with Crippen LogP contribution in [-0.4, -0.2) is 30.2 Å². The maximum atomic E-state index is 14.1. The number of hydrogen-bond acceptors (Lipinski definition) is 4. The fourth-order valence-corrected chi connectivity index (χ4v) is 6.18. The number of anilines is 2. The molecule has 3 aliphatic rings. The van der Waals surface area contributed by atoms with Crippen molar-refractivity contribution >= 4 is 40.5 Å². The molecule has 1 atom stereocenters. The van der Waals surface area contributed by atoms with Crippen molar-refractivity contribution in [2.75, 3.05) is 22.7 Å². The second kappa shape index (κ2) is 6.11. The van der Waals surface area contributed by atoms with Crippen LogP contribution in [0.25, 0.3) is 5.57 Å². The minimum absolute atomic E-state index is 0.162. The number of carbonyl (C=O) groups excluding carboxylic acids is 2. The Morgan fingerprint density at radius 2 is 1.80 bits per heavy atom. The first-order valence-corrected chi connectivity index (χ1v) is 10.7. The SMILES string of the molecule is COc1cc2c3c(c1)[C@]1(SCC(=O)N1c1ccc(F)cc1)C(=O)N3C(C)(C)C=C2C. The Morgan fingerprint density at radius 1 is 1.10 bits per heavy atom. The number of benzene rings is 2. The molecule has 0 radical (unpaired) electrons. The van der Waals surface area contributed by atoms with Gasteiger partial charge in [-0.25, -0.2) is 4.39 Å². The lowest BCUT2D eigenvalue weighted by Crippen LogP contribution is -2.54. The zero-order valence-electron chi connectivity index (χ0n) is 17.2. The fraction of sp³-hybridized carbons (Fsp3) is 0.304. The summed E-state index contributed by atoms with van der Waals surface area (Å²) in [5.41, 5.74) is 3.48. The number of ether oxygens (including phenoxy) is 1. The lowest BCUT2D eigenvalue weighted by atomic mass is 9.89. The number of nitrogens with zero attached hydrogens (tertiary/aromatic N) is 2. The van der Waals surface area contributed by atoms with Crippen LogP contribution in [0.2, 0.25) is 0 Å². The number of hydrogen-bond donors (Lipinski definition) is 0. The second-order valence-corrected chi connectivity index (χ2v) is 9.50. The van der Waals surface area contributed by atoms with Crippen LogP contribution in [-0.2, 0) is 14.5 Å². The first-order chi connectivity index (χ1) is 14.2. The Hall–Kier alpha value is -2.80. The van der Waals surface area contributed by atoms with Crippen molar-refractivity contribution in [1.82, 2.24) is 0 Å². The summed E-state index contributed by atoms with van der Waals surface area (Å²) in [4.78, 5) is 29.2. The summed E-state index contributed by atoms with van der Waals surface area (Å²) in [5.74, 6) is 0.0502. The first-order valence-electron chi connectivity index (χ1n) is 9.70. The Morgan fingerprint density at radius 3 is 2.47 bits per heavy atom. The highest BCUT2D eigenvalue weighted by Crippen LogP contribution is 2.60. The fourth-order valence-electron chi connectivity index (χ4n) is 4.86. The lowest BCUT2D eigenvalue weighted by Gasteiger charge is -2.40. The van der Waals surface area contributed by atoms with Gasteiger partial charge < -0.3 is 4.74 Å². The number of amides is 2. The maximum Gasteiger partial charge on any atom is 0.269 e. The molecule has 0 bridgehead atoms. The molecule has 0 unspecified atom stereocenters. The van der Waals surface area contributed by atoms with Gasteiger partial charge in [0.15, 0.2) is 0 Å². The molecule has 1 spiro atoms. The molecule has 3 aliphatic heterocycles. The van der Waals surface area contributed by atoms with Crippen LogP contribution in [0.1, 0.15) is 31.9 Å². The van der Waals surface area contributed by atoms with Crippen molar-refractivity contribution in [3.05, 3.63) is 59.4 Å². The van der Waals surface area contributed by atoms with E-state index >= 15 is 0 Å². The third kappa shape index (κ3) is 2.29. The van der Waals surface area contributed by atoms with Gasteiger partial charge in [-0.15, -0.1) is 11.8 Å². The van der Waals surface area contributed by atoms with Crippen LogP contribution in [0.3, 0.4) is 0 Å². The first kappa shape index (κ1) is 19.2. The highest BCUT2D eigenvalue weighted by molar-refractivity contribution is 8.02. The van der Waals surface area contributed by atoms with Crippen molar-refractivity contribution in [3.8, 4) is 5.75 Å². The normalized spacial score (nSPS) is 23.8. The van der Waals surface area contributed by atoms with E-state index < -0.39 is 16.2 Å². The molecule has 0 N–H and O–H groups in total. The second-order valence-electron chi connectivity index (χ2n) is 8.33. The smallest absolute Gasteiger partial charge is 0.269 e. The molecule has 0 saturated carbocycles. The average molecular weight is 424 g/mol. The van der Waals surface area contributed by atoms with Gasteiger partial charge in [0.1, 0.15) is 11.6 Å². The molecular weight excluding hydrogens is 403 g/mol. The molecule has 5 nitrogen and oxygen atoms in total. The van der Waals surface area contributed by atoms with Gasteiger partial charge in [-0.2, -0.15) is 0 Å². The summed E-state index contributed by atoms with van der Waals surface area (Å²) < 4.78 is 19.1. The molecule has 7 heteroatoms. The van der Waals surface area contributed by atoms with E-state index in [0.717, 1.165) is 22.4 Å². The standard InChI is InChI=1S/C23H21FN2O3S/c1-13-11-22(2,3)26-20-17(13)9-16(29-4)10-18(20)23(21(26)28)25(19(27)12-30-23)15-7-5-14(24)6-8-15/h5-11H,12H2,1-4H3/t23-/m0/s1. The monoisotopic (exact) mass is 424 g/mol. The summed E-state index contributed by atoms with van der Waals surface area (Å²) in [7, 11) is 1.59. The number of rotatable bonds is 2. The van der Waals surface area contributed by atoms with Gasteiger partial charge >= 0.3 is 0 Å². The van der Waals surface area contributed by atoms with Gasteiger partial charge in [0.05, 0.1) is 24.1 Å². The van der Waals surface area contributed by atoms with Crippen molar-refractivity contribution < 1.29 is 18.7 Å². The van der Waals surface area contributed by atoms with Gasteiger partial charge in [-0.3, -0.25) is 19.4 Å². The zero-order valence-corrected chi connectivity index (χ0v) is 18.0. The third-order valence-corrected chi connectivity index (χ3v) is 7.41. The summed E-state index contributed by atoms with van der Waals surface area (Å²) in [6.45, 7) is 6.01. The molecule has 154 valence electrons. The minimum Gasteiger partial charge on any atom is -0.497 e. The van der Waals surface area contributed by atoms with Crippen molar-refractivity contribution in [2.24, 2.45) is 0 Å². The zero-order chi connectivity index (χ0) is 21.4. The number of thioether (sulfide) groups is 1. The summed E-state index contributed by atoms with van der Waals surface area (Å²) in [6.07, 6.45) is 2.07. The largest absolute Gasteiger partial charge is 0.497 e. The summed E-state index contributed by atoms with van der Waals surface area (Å²) in [5, 5.41) is 0. The van der Waals surface area contributed by atoms with Crippen molar-refractivity contribution in [2.45, 2.75) is 31.2 Å². The van der Waals surface area contributed by atoms with E-state index in [1.807, 2.05) is 32.9 Å². The van der Waals surface area contributed by atoms with Crippen LogP contribution in [0.15, 0.2) is 42.5 Å². The highest BCUT2D eigenvalue weighted by Gasteiger charge is 2.64. The molecule has 30 heavy (non-hydrogen) atoms. The van der Waals surface area contributed by atoms with Gasteiger partial charge in [0.25, 0.3) is 5.91 Å². The maximum absolute atomic E-state index is 14.1. The molecular formula is C23H21FN2O3S. The van der Waals surface area contributed by atoms with Crippen LogP contribution in [0.4, 0.5) is 15.8 Å².